The molecule has 0 aliphatic carbocycles. The Hall–Kier alpha value is -3.05. The lowest BCUT2D eigenvalue weighted by molar-refractivity contribution is 0.527. The summed E-state index contributed by atoms with van der Waals surface area (Å²) in [5, 5.41) is 4.04. The lowest BCUT2D eigenvalue weighted by atomic mass is 9.87. The van der Waals surface area contributed by atoms with Crippen LogP contribution >= 0.6 is 67.8 Å². The first kappa shape index (κ1) is 28.2. The molecule has 11 heteroatoms. The molecule has 5 heterocycles. The van der Waals surface area contributed by atoms with E-state index in [1.54, 1.807) is 0 Å². The van der Waals surface area contributed by atoms with E-state index >= 15 is 0 Å². The summed E-state index contributed by atoms with van der Waals surface area (Å²) in [6.07, 6.45) is 0. The molecule has 3 aliphatic rings. The SMILES string of the molecule is CC(C)(C)c1ccc(OB2n3c4c5ccc(I)cc5c3N=c3c5ccc(I)cc5c(n32)=NC2=NC(=N4)c3cc(I)ccc32)cc1. The van der Waals surface area contributed by atoms with Crippen LogP contribution in [0.4, 0.5) is 11.6 Å². The average molecular weight is 922 g/mol. The second kappa shape index (κ2) is 9.98. The van der Waals surface area contributed by atoms with Gasteiger partial charge in [0.2, 0.25) is 0 Å². The summed E-state index contributed by atoms with van der Waals surface area (Å²) < 4.78 is 14.6. The van der Waals surface area contributed by atoms with Crippen LogP contribution in [0.25, 0.3) is 21.5 Å². The van der Waals surface area contributed by atoms with E-state index in [1.807, 2.05) is 0 Å². The normalized spacial score (nSPS) is 14.6. The second-order valence-corrected chi connectivity index (χ2v) is 16.2. The number of amidine groups is 2. The van der Waals surface area contributed by atoms with Crippen molar-refractivity contribution in [1.82, 2.24) is 8.96 Å². The Bertz CT molecular complexity index is 2490. The highest BCUT2D eigenvalue weighted by Crippen LogP contribution is 2.42. The van der Waals surface area contributed by atoms with Gasteiger partial charge in [-0.05, 0) is 145 Å². The maximum Gasteiger partial charge on any atom is 0.633 e. The first-order chi connectivity index (χ1) is 21.6. The van der Waals surface area contributed by atoms with Crippen molar-refractivity contribution in [3.8, 4) is 5.75 Å². The van der Waals surface area contributed by atoms with Gasteiger partial charge in [-0.25, -0.2) is 20.0 Å². The molecule has 2 aromatic heterocycles. The second-order valence-electron chi connectivity index (χ2n) is 12.4. The largest absolute Gasteiger partial charge is 0.633 e. The summed E-state index contributed by atoms with van der Waals surface area (Å²) in [7, 11) is -0.637. The lowest BCUT2D eigenvalue weighted by Crippen LogP contribution is -2.52. The molecule has 0 fully saturated rings. The van der Waals surface area contributed by atoms with E-state index in [-0.39, 0.29) is 5.41 Å². The standard InChI is InChI=1S/C34H22BI3N6O/c1-34(2,3)17-4-9-21(10-5-17)45-35-43-30-23-12-7-20(38)16-27(23)33(43)42-31-24-13-8-19(37)15-26(24)32(44(31)35)40-28-22-11-6-18(36)14-25(22)29(39-28)41-30/h4-16H,1-3H3. The average Bonchev–Trinajstić information content (AvgIpc) is 3.60. The van der Waals surface area contributed by atoms with Gasteiger partial charge in [0.25, 0.3) is 0 Å². The minimum Gasteiger partial charge on any atom is -0.523 e. The maximum atomic E-state index is 7.03. The third-order valence-corrected chi connectivity index (χ3v) is 10.6. The molecule has 0 atom stereocenters. The van der Waals surface area contributed by atoms with Crippen molar-refractivity contribution in [2.24, 2.45) is 20.0 Å². The van der Waals surface area contributed by atoms with Crippen molar-refractivity contribution in [2.45, 2.75) is 26.2 Å². The van der Waals surface area contributed by atoms with Crippen molar-refractivity contribution in [1.29, 1.82) is 0 Å². The monoisotopic (exact) mass is 922 g/mol. The molecule has 3 aliphatic heterocycles. The Labute approximate surface area is 299 Å². The van der Waals surface area contributed by atoms with Crippen LogP contribution in [0, 0.1) is 10.7 Å². The van der Waals surface area contributed by atoms with Crippen LogP contribution in [0.2, 0.25) is 0 Å². The molecular weight excluding hydrogens is 900 g/mol. The van der Waals surface area contributed by atoms with Gasteiger partial charge < -0.3 is 4.65 Å². The maximum absolute atomic E-state index is 7.03. The topological polar surface area (TPSA) is 68.5 Å². The first-order valence-corrected chi connectivity index (χ1v) is 17.7. The van der Waals surface area contributed by atoms with Crippen molar-refractivity contribution in [2.75, 3.05) is 0 Å². The molecule has 0 saturated carbocycles. The lowest BCUT2D eigenvalue weighted by Gasteiger charge is -2.24. The molecule has 4 aromatic carbocycles. The number of aliphatic imine (C=N–C) groups is 2. The fourth-order valence-corrected chi connectivity index (χ4v) is 7.83. The van der Waals surface area contributed by atoms with E-state index in [9.17, 15) is 0 Å². The fourth-order valence-electron chi connectivity index (χ4n) is 6.35. The number of fused-ring (bicyclic) bond motifs is 10. The van der Waals surface area contributed by atoms with Gasteiger partial charge >= 0.3 is 7.19 Å². The molecule has 9 rings (SSSR count). The number of hydrogen-bond acceptors (Lipinski definition) is 5. The zero-order chi connectivity index (χ0) is 30.8. The van der Waals surface area contributed by atoms with Crippen molar-refractivity contribution < 1.29 is 4.65 Å². The van der Waals surface area contributed by atoms with Gasteiger partial charge in [0.1, 0.15) is 28.4 Å². The van der Waals surface area contributed by atoms with Crippen molar-refractivity contribution in [3.63, 3.8) is 0 Å². The van der Waals surface area contributed by atoms with Crippen LogP contribution in [-0.4, -0.2) is 27.8 Å². The highest BCUT2D eigenvalue weighted by molar-refractivity contribution is 14.1. The fraction of sp³-hybridized carbons (Fsp3) is 0.118. The number of benzene rings is 4. The molecule has 0 N–H and O–H groups in total. The third kappa shape index (κ3) is 4.32. The molecule has 45 heavy (non-hydrogen) atoms. The molecule has 0 radical (unpaired) electrons. The van der Waals surface area contributed by atoms with Crippen LogP contribution in [0.3, 0.4) is 0 Å². The molecule has 6 aromatic rings. The Morgan fingerprint density at radius 3 is 1.96 bits per heavy atom. The van der Waals surface area contributed by atoms with Crippen molar-refractivity contribution >= 4 is 120 Å². The molecule has 218 valence electrons. The molecule has 0 saturated heterocycles. The summed E-state index contributed by atoms with van der Waals surface area (Å²) in [6.45, 7) is 6.66. The summed E-state index contributed by atoms with van der Waals surface area (Å²) in [6, 6.07) is 27.6. The Balaban J connectivity index is 1.44. The predicted molar refractivity (Wildman–Crippen MR) is 205 cm³/mol. The number of aromatic nitrogens is 2. The minimum absolute atomic E-state index is 0.0341. The number of halogens is 3. The van der Waals surface area contributed by atoms with E-state index in [0.717, 1.165) is 71.7 Å². The van der Waals surface area contributed by atoms with Gasteiger partial charge in [-0.1, -0.05) is 32.9 Å². The van der Waals surface area contributed by atoms with Crippen LogP contribution in [-0.2, 0) is 5.41 Å². The predicted octanol–water partition coefficient (Wildman–Crippen LogP) is 7.90. The summed E-state index contributed by atoms with van der Waals surface area (Å²) in [5.41, 5.74) is 4.78. The minimum atomic E-state index is -0.637. The third-order valence-electron chi connectivity index (χ3n) is 8.55. The van der Waals surface area contributed by atoms with Gasteiger partial charge in [-0.3, -0.25) is 8.96 Å². The summed E-state index contributed by atoms with van der Waals surface area (Å²) in [5.74, 6) is 3.60. The molecule has 7 nitrogen and oxygen atoms in total. The van der Waals surface area contributed by atoms with E-state index < -0.39 is 7.19 Å². The van der Waals surface area contributed by atoms with Gasteiger partial charge in [-0.2, -0.15) is 0 Å². The van der Waals surface area contributed by atoms with Crippen LogP contribution in [0.15, 0.2) is 98.8 Å². The van der Waals surface area contributed by atoms with Crippen LogP contribution in [0.5, 0.6) is 5.75 Å². The van der Waals surface area contributed by atoms with Crippen molar-refractivity contribution in [3.05, 3.63) is 117 Å². The zero-order valence-electron chi connectivity index (χ0n) is 24.3. The zero-order valence-corrected chi connectivity index (χ0v) is 30.8. The van der Waals surface area contributed by atoms with E-state index in [1.165, 1.54) is 5.56 Å². The van der Waals surface area contributed by atoms with E-state index in [0.29, 0.717) is 11.7 Å². The van der Waals surface area contributed by atoms with Gasteiger partial charge in [0, 0.05) is 43.4 Å². The Morgan fingerprint density at radius 2 is 1.20 bits per heavy atom. The highest BCUT2D eigenvalue weighted by atomic mass is 127. The first-order valence-electron chi connectivity index (χ1n) is 14.5. The number of hydrogen-bond donors (Lipinski definition) is 0. The van der Waals surface area contributed by atoms with Gasteiger partial charge in [-0.15, -0.1) is 0 Å². The van der Waals surface area contributed by atoms with E-state index in [4.69, 9.17) is 24.6 Å². The van der Waals surface area contributed by atoms with E-state index in [2.05, 4.69) is 176 Å². The molecule has 4 bridgehead atoms. The highest BCUT2D eigenvalue weighted by Gasteiger charge is 2.40. The molecule has 0 unspecified atom stereocenters. The van der Waals surface area contributed by atoms with Crippen LogP contribution < -0.4 is 15.6 Å². The quantitative estimate of drug-likeness (QED) is 0.129. The van der Waals surface area contributed by atoms with Gasteiger partial charge in [0.05, 0.1) is 0 Å². The number of rotatable bonds is 2. The Kier molecular flexibility index (Phi) is 6.25. The van der Waals surface area contributed by atoms with Crippen LogP contribution in [0.1, 0.15) is 37.5 Å². The molecular formula is C34H22BI3N6O. The Morgan fingerprint density at radius 1 is 0.578 bits per heavy atom. The smallest absolute Gasteiger partial charge is 0.523 e. The summed E-state index contributed by atoms with van der Waals surface area (Å²) >= 11 is 7.08. The molecule has 0 spiro atoms. The summed E-state index contributed by atoms with van der Waals surface area (Å²) in [4.78, 5) is 21.0. The van der Waals surface area contributed by atoms with Gasteiger partial charge in [0.15, 0.2) is 11.7 Å². The molecule has 0 amide bonds. The number of nitrogens with zero attached hydrogens (tertiary/aromatic N) is 6.